The van der Waals surface area contributed by atoms with E-state index < -0.39 is 12.1 Å². The number of thiol groups is 1. The third kappa shape index (κ3) is 6.62. The Morgan fingerprint density at radius 1 is 1.35 bits per heavy atom. The fourth-order valence-electron chi connectivity index (χ4n) is 2.25. The van der Waals surface area contributed by atoms with Gasteiger partial charge in [0.15, 0.2) is 6.10 Å². The Morgan fingerprint density at radius 3 is 2.65 bits per heavy atom. The minimum atomic E-state index is -1.34. The first-order chi connectivity index (χ1) is 11.0. The van der Waals surface area contributed by atoms with Crippen LogP contribution in [-0.4, -0.2) is 42.0 Å². The number of hydrogen-bond donors (Lipinski definition) is 3. The van der Waals surface area contributed by atoms with Crippen molar-refractivity contribution in [1.29, 1.82) is 0 Å². The molecule has 1 rings (SSSR count). The second-order valence-corrected chi connectivity index (χ2v) is 5.80. The van der Waals surface area contributed by atoms with Crippen molar-refractivity contribution in [2.24, 2.45) is 5.92 Å². The van der Waals surface area contributed by atoms with Crippen LogP contribution in [0.4, 0.5) is 0 Å². The predicted octanol–water partition coefficient (Wildman–Crippen LogP) is 1.51. The van der Waals surface area contributed by atoms with Crippen LogP contribution in [0.2, 0.25) is 0 Å². The largest absolute Gasteiger partial charge is 0.464 e. The molecule has 0 radical (unpaired) electrons. The van der Waals surface area contributed by atoms with Gasteiger partial charge in [0.1, 0.15) is 0 Å². The summed E-state index contributed by atoms with van der Waals surface area (Å²) in [5.74, 6) is -0.573. The average molecular weight is 339 g/mol. The third-order valence-corrected chi connectivity index (χ3v) is 3.86. The molecule has 5 nitrogen and oxygen atoms in total. The van der Waals surface area contributed by atoms with Gasteiger partial charge in [-0.2, -0.15) is 12.6 Å². The molecule has 1 aromatic carbocycles. The van der Waals surface area contributed by atoms with E-state index in [0.29, 0.717) is 18.6 Å². The number of ether oxygens (including phenoxy) is 1. The molecule has 2 N–H and O–H groups in total. The number of aliphatic hydroxyl groups excluding tert-OH is 1. The minimum absolute atomic E-state index is 0.144. The van der Waals surface area contributed by atoms with E-state index in [-0.39, 0.29) is 25.0 Å². The predicted molar refractivity (Wildman–Crippen MR) is 92.5 cm³/mol. The topological polar surface area (TPSA) is 75.6 Å². The number of nitrogens with one attached hydrogen (secondary N) is 1. The summed E-state index contributed by atoms with van der Waals surface area (Å²) < 4.78 is 4.70. The van der Waals surface area contributed by atoms with Gasteiger partial charge in [-0.25, -0.2) is 4.79 Å². The minimum Gasteiger partial charge on any atom is -0.464 e. The highest BCUT2D eigenvalue weighted by Crippen LogP contribution is 2.16. The fraction of sp³-hybridized carbons (Fsp3) is 0.529. The molecule has 1 aromatic rings. The number of amides is 1. The molecule has 0 heterocycles. The zero-order valence-electron chi connectivity index (χ0n) is 13.6. The highest BCUT2D eigenvalue weighted by molar-refractivity contribution is 7.80. The molecular formula is C17H25NO4S. The summed E-state index contributed by atoms with van der Waals surface area (Å²) in [6.45, 7) is 3.72. The van der Waals surface area contributed by atoms with E-state index in [1.165, 1.54) is 0 Å². The van der Waals surface area contributed by atoms with Crippen LogP contribution in [-0.2, 0) is 20.7 Å². The van der Waals surface area contributed by atoms with Crippen molar-refractivity contribution in [3.63, 3.8) is 0 Å². The van der Waals surface area contributed by atoms with Crippen LogP contribution in [0.1, 0.15) is 24.5 Å². The molecule has 23 heavy (non-hydrogen) atoms. The van der Waals surface area contributed by atoms with Gasteiger partial charge < -0.3 is 15.2 Å². The quantitative estimate of drug-likeness (QED) is 0.471. The lowest BCUT2D eigenvalue weighted by Gasteiger charge is -2.18. The Hall–Kier alpha value is -1.53. The molecule has 0 fully saturated rings. The van der Waals surface area contributed by atoms with E-state index in [9.17, 15) is 14.7 Å². The van der Waals surface area contributed by atoms with Crippen molar-refractivity contribution < 1.29 is 19.4 Å². The lowest BCUT2D eigenvalue weighted by atomic mass is 9.93. The van der Waals surface area contributed by atoms with Crippen LogP contribution < -0.4 is 5.32 Å². The van der Waals surface area contributed by atoms with Gasteiger partial charge in [-0.15, -0.1) is 0 Å². The fourth-order valence-corrected chi connectivity index (χ4v) is 2.56. The Kier molecular flexibility index (Phi) is 8.73. The number of aryl methyl sites for hydroxylation is 1. The molecule has 0 aliphatic rings. The van der Waals surface area contributed by atoms with Crippen LogP contribution in [0, 0.1) is 12.8 Å². The molecule has 1 amide bonds. The number of benzene rings is 1. The van der Waals surface area contributed by atoms with Crippen LogP contribution >= 0.6 is 12.6 Å². The van der Waals surface area contributed by atoms with Gasteiger partial charge in [0.25, 0.3) is 0 Å². The average Bonchev–Trinajstić information content (AvgIpc) is 2.54. The zero-order chi connectivity index (χ0) is 17.2. The Labute approximate surface area is 142 Å². The number of hydrogen-bond acceptors (Lipinski definition) is 5. The van der Waals surface area contributed by atoms with E-state index >= 15 is 0 Å². The number of aliphatic hydroxyl groups is 1. The third-order valence-electron chi connectivity index (χ3n) is 3.60. The summed E-state index contributed by atoms with van der Waals surface area (Å²) in [7, 11) is 0. The smallest absolute Gasteiger partial charge is 0.336 e. The van der Waals surface area contributed by atoms with Gasteiger partial charge >= 0.3 is 5.97 Å². The number of rotatable bonds is 9. The first-order valence-corrected chi connectivity index (χ1v) is 8.40. The molecule has 0 bridgehead atoms. The molecule has 128 valence electrons. The molecular weight excluding hydrogens is 314 g/mol. The maximum atomic E-state index is 12.3. The SMILES string of the molecule is CCOC(=O)[C@@H](O)CNC(=O)[C@H](CCS)Cc1ccccc1C. The van der Waals surface area contributed by atoms with E-state index in [1.807, 2.05) is 31.2 Å². The van der Waals surface area contributed by atoms with E-state index in [1.54, 1.807) is 6.92 Å². The Balaban J connectivity index is 2.61. The Morgan fingerprint density at radius 2 is 2.04 bits per heavy atom. The van der Waals surface area contributed by atoms with E-state index in [4.69, 9.17) is 4.74 Å². The van der Waals surface area contributed by atoms with Crippen LogP contribution in [0.3, 0.4) is 0 Å². The lowest BCUT2D eigenvalue weighted by Crippen LogP contribution is -2.40. The number of carbonyl (C=O) groups is 2. The maximum absolute atomic E-state index is 12.3. The highest BCUT2D eigenvalue weighted by Gasteiger charge is 2.22. The molecule has 0 unspecified atom stereocenters. The number of carbonyl (C=O) groups excluding carboxylic acids is 2. The molecule has 0 aliphatic carbocycles. The van der Waals surface area contributed by atoms with Crippen molar-refractivity contribution in [3.8, 4) is 0 Å². The molecule has 0 aliphatic heterocycles. The molecule has 0 spiro atoms. The monoisotopic (exact) mass is 339 g/mol. The number of esters is 1. The van der Waals surface area contributed by atoms with Gasteiger partial charge in [-0.3, -0.25) is 4.79 Å². The second-order valence-electron chi connectivity index (χ2n) is 5.35. The van der Waals surface area contributed by atoms with Gasteiger partial charge in [0.05, 0.1) is 13.2 Å². The summed E-state index contributed by atoms with van der Waals surface area (Å²) >= 11 is 4.21. The van der Waals surface area contributed by atoms with E-state index in [2.05, 4.69) is 17.9 Å². The van der Waals surface area contributed by atoms with Crippen LogP contribution in [0.25, 0.3) is 0 Å². The highest BCUT2D eigenvalue weighted by atomic mass is 32.1. The van der Waals surface area contributed by atoms with Crippen molar-refractivity contribution in [3.05, 3.63) is 35.4 Å². The summed E-state index contributed by atoms with van der Waals surface area (Å²) in [4.78, 5) is 23.7. The van der Waals surface area contributed by atoms with Crippen molar-refractivity contribution in [2.45, 2.75) is 32.8 Å². The van der Waals surface area contributed by atoms with Crippen molar-refractivity contribution in [1.82, 2.24) is 5.32 Å². The van der Waals surface area contributed by atoms with Crippen LogP contribution in [0.15, 0.2) is 24.3 Å². The molecule has 0 saturated heterocycles. The maximum Gasteiger partial charge on any atom is 0.336 e. The standard InChI is InChI=1S/C17H25NO4S/c1-3-22-17(21)15(19)11-18-16(20)14(8-9-23)10-13-7-5-4-6-12(13)2/h4-7,14-15,19,23H,3,8-11H2,1-2H3,(H,18,20)/t14-,15+/m1/s1. The zero-order valence-corrected chi connectivity index (χ0v) is 14.5. The molecule has 2 atom stereocenters. The first kappa shape index (κ1) is 19.5. The van der Waals surface area contributed by atoms with Gasteiger partial charge in [-0.05, 0) is 43.6 Å². The normalized spacial score (nSPS) is 13.2. The van der Waals surface area contributed by atoms with Gasteiger partial charge in [-0.1, -0.05) is 24.3 Å². The second kappa shape index (κ2) is 10.3. The molecule has 6 heteroatoms. The van der Waals surface area contributed by atoms with Gasteiger partial charge in [0.2, 0.25) is 5.91 Å². The molecule has 0 saturated carbocycles. The molecule has 0 aromatic heterocycles. The van der Waals surface area contributed by atoms with Gasteiger partial charge in [0, 0.05) is 5.92 Å². The summed E-state index contributed by atoms with van der Waals surface area (Å²) in [5.41, 5.74) is 2.25. The summed E-state index contributed by atoms with van der Waals surface area (Å²) in [6.07, 6.45) is -0.109. The first-order valence-electron chi connectivity index (χ1n) is 7.77. The summed E-state index contributed by atoms with van der Waals surface area (Å²) in [6, 6.07) is 7.92. The summed E-state index contributed by atoms with van der Waals surface area (Å²) in [5, 5.41) is 12.3. The van der Waals surface area contributed by atoms with Crippen LogP contribution in [0.5, 0.6) is 0 Å². The Bertz CT molecular complexity index is 521. The van der Waals surface area contributed by atoms with E-state index in [0.717, 1.165) is 11.1 Å². The van der Waals surface area contributed by atoms with Crippen molar-refractivity contribution >= 4 is 24.5 Å². The van der Waals surface area contributed by atoms with Crippen molar-refractivity contribution in [2.75, 3.05) is 18.9 Å². The lowest BCUT2D eigenvalue weighted by molar-refractivity contribution is -0.152.